The van der Waals surface area contributed by atoms with Crippen molar-refractivity contribution >= 4 is 11.5 Å². The van der Waals surface area contributed by atoms with Crippen LogP contribution in [-0.2, 0) is 6.42 Å². The van der Waals surface area contributed by atoms with Crippen molar-refractivity contribution in [3.05, 3.63) is 71.4 Å². The van der Waals surface area contributed by atoms with Gasteiger partial charge in [0, 0.05) is 67.2 Å². The minimum Gasteiger partial charge on any atom is -0.491 e. The monoisotopic (exact) mass is 514 g/mol. The molecule has 196 valence electrons. The van der Waals surface area contributed by atoms with Crippen molar-refractivity contribution in [2.45, 2.75) is 45.4 Å². The number of nitrogens with two attached hydrogens (primary N) is 1. The summed E-state index contributed by atoms with van der Waals surface area (Å²) in [5, 5.41) is 10.2. The Labute approximate surface area is 213 Å². The second kappa shape index (κ2) is 10.9. The number of nitrogens with zero attached hydrogens (tertiary/aromatic N) is 3. The number of hydrogen-bond acceptors (Lipinski definition) is 7. The number of aliphatic hydroxyl groups is 1. The molecule has 7 nitrogen and oxygen atoms in total. The number of ketones is 1. The van der Waals surface area contributed by atoms with Gasteiger partial charge in [-0.3, -0.25) is 9.78 Å². The van der Waals surface area contributed by atoms with E-state index < -0.39 is 46.6 Å². The number of anilines is 1. The van der Waals surface area contributed by atoms with E-state index >= 15 is 0 Å². The van der Waals surface area contributed by atoms with Crippen LogP contribution >= 0.6 is 0 Å². The number of Topliss-reactive ketones (excluding diaryl/α,β-unsaturated/α-hetero) is 1. The van der Waals surface area contributed by atoms with Crippen LogP contribution in [0.4, 0.5) is 18.9 Å². The molecule has 0 aliphatic carbocycles. The highest BCUT2D eigenvalue weighted by Gasteiger charge is 2.32. The van der Waals surface area contributed by atoms with Gasteiger partial charge >= 0.3 is 0 Å². The first-order valence-electron chi connectivity index (χ1n) is 12.0. The second-order valence-electron chi connectivity index (χ2n) is 9.60. The van der Waals surface area contributed by atoms with E-state index in [1.165, 1.54) is 6.07 Å². The van der Waals surface area contributed by atoms with E-state index in [2.05, 4.69) is 9.97 Å². The maximum Gasteiger partial charge on any atom is 0.185 e. The summed E-state index contributed by atoms with van der Waals surface area (Å²) in [6, 6.07) is 5.36. The van der Waals surface area contributed by atoms with E-state index in [1.807, 2.05) is 11.8 Å². The van der Waals surface area contributed by atoms with Crippen molar-refractivity contribution in [2.24, 2.45) is 11.7 Å². The summed E-state index contributed by atoms with van der Waals surface area (Å²) in [6.45, 7) is 6.24. The lowest BCUT2D eigenvalue weighted by Crippen LogP contribution is -2.55. The molecule has 10 heteroatoms. The molecule has 0 amide bonds. The first-order valence-corrected chi connectivity index (χ1v) is 12.0. The van der Waals surface area contributed by atoms with Gasteiger partial charge in [-0.1, -0.05) is 6.92 Å². The number of pyridine rings is 2. The second-order valence-corrected chi connectivity index (χ2v) is 9.60. The Hall–Kier alpha value is -3.50. The van der Waals surface area contributed by atoms with E-state index in [4.69, 9.17) is 10.5 Å². The van der Waals surface area contributed by atoms with E-state index in [9.17, 15) is 23.1 Å². The largest absolute Gasteiger partial charge is 0.491 e. The Kier molecular flexibility index (Phi) is 7.79. The third-order valence-corrected chi connectivity index (χ3v) is 6.29. The SMILES string of the molecule is CC(C)Oc1cc(F)c(-c2nc(C(=O)Cc3cnccc3N3C[C@@H](N)[C@H](O)[C@@H](C)C3)ccc2F)c(F)c1. The first kappa shape index (κ1) is 26.6. The van der Waals surface area contributed by atoms with Crippen LogP contribution in [-0.4, -0.2) is 52.2 Å². The zero-order valence-corrected chi connectivity index (χ0v) is 20.8. The Morgan fingerprint density at radius 2 is 1.86 bits per heavy atom. The molecule has 0 bridgehead atoms. The van der Waals surface area contributed by atoms with E-state index in [-0.39, 0.29) is 29.9 Å². The number of rotatable bonds is 7. The summed E-state index contributed by atoms with van der Waals surface area (Å²) in [5.74, 6) is -3.68. The molecule has 4 rings (SSSR count). The first-order chi connectivity index (χ1) is 17.5. The highest BCUT2D eigenvalue weighted by molar-refractivity contribution is 5.97. The predicted octanol–water partition coefficient (Wildman–Crippen LogP) is 3.92. The number of carbonyl (C=O) groups excluding carboxylic acids is 1. The molecule has 3 aromatic rings. The third-order valence-electron chi connectivity index (χ3n) is 6.29. The fourth-order valence-electron chi connectivity index (χ4n) is 4.53. The third kappa shape index (κ3) is 5.75. The van der Waals surface area contributed by atoms with Crippen molar-refractivity contribution in [1.82, 2.24) is 9.97 Å². The molecule has 1 fully saturated rings. The number of piperidine rings is 1. The quantitative estimate of drug-likeness (QED) is 0.461. The van der Waals surface area contributed by atoms with Gasteiger partial charge in [-0.15, -0.1) is 0 Å². The Balaban J connectivity index is 1.62. The average Bonchev–Trinajstić information content (AvgIpc) is 2.82. The Morgan fingerprint density at radius 3 is 2.51 bits per heavy atom. The highest BCUT2D eigenvalue weighted by atomic mass is 19.1. The Bertz CT molecular complexity index is 1270. The Morgan fingerprint density at radius 1 is 1.16 bits per heavy atom. The maximum atomic E-state index is 14.8. The van der Waals surface area contributed by atoms with Gasteiger partial charge in [0.25, 0.3) is 0 Å². The molecular formula is C27H29F3N4O3. The number of benzene rings is 1. The zero-order chi connectivity index (χ0) is 26.9. The summed E-state index contributed by atoms with van der Waals surface area (Å²) >= 11 is 0. The minimum atomic E-state index is -1.06. The molecule has 0 saturated carbocycles. The van der Waals surface area contributed by atoms with E-state index in [0.29, 0.717) is 18.7 Å². The highest BCUT2D eigenvalue weighted by Crippen LogP contribution is 2.32. The molecule has 0 unspecified atom stereocenters. The standard InChI is InChI=1S/C27H29F3N4O3/c1-14(2)37-17-9-19(29)25(20(30)10-17)26-18(28)4-5-22(33-26)24(35)8-16-11-32-7-6-23(16)34-12-15(3)27(36)21(31)13-34/h4-7,9-11,14-15,21,27,36H,8,12-13,31H2,1-3H3/t15-,21+,27+/m0/s1. The van der Waals surface area contributed by atoms with Gasteiger partial charge < -0.3 is 20.5 Å². The molecular weight excluding hydrogens is 485 g/mol. The van der Waals surface area contributed by atoms with Crippen LogP contribution in [0.3, 0.4) is 0 Å². The van der Waals surface area contributed by atoms with Gasteiger partial charge in [0.1, 0.15) is 34.6 Å². The van der Waals surface area contributed by atoms with E-state index in [1.54, 1.807) is 32.3 Å². The molecule has 3 N–H and O–H groups in total. The maximum absolute atomic E-state index is 14.8. The lowest BCUT2D eigenvalue weighted by atomic mass is 9.92. The van der Waals surface area contributed by atoms with Gasteiger partial charge in [0.05, 0.1) is 17.8 Å². The smallest absolute Gasteiger partial charge is 0.185 e. The van der Waals surface area contributed by atoms with Crippen LogP contribution in [0.15, 0.2) is 42.7 Å². The van der Waals surface area contributed by atoms with Gasteiger partial charge in [-0.2, -0.15) is 0 Å². The molecule has 37 heavy (non-hydrogen) atoms. The minimum absolute atomic E-state index is 0.0373. The molecule has 1 aromatic carbocycles. The van der Waals surface area contributed by atoms with Crippen molar-refractivity contribution in [3.8, 4) is 17.0 Å². The molecule has 3 heterocycles. The molecule has 1 aliphatic heterocycles. The van der Waals surface area contributed by atoms with Gasteiger partial charge in [0.15, 0.2) is 5.78 Å². The molecule has 1 aliphatic rings. The van der Waals surface area contributed by atoms with Crippen molar-refractivity contribution in [3.63, 3.8) is 0 Å². The lowest BCUT2D eigenvalue weighted by molar-refractivity contribution is 0.0784. The van der Waals surface area contributed by atoms with Crippen LogP contribution < -0.4 is 15.4 Å². The number of halogens is 3. The normalized spacial score (nSPS) is 19.8. The summed E-state index contributed by atoms with van der Waals surface area (Å²) in [7, 11) is 0. The molecule has 0 spiro atoms. The molecule has 2 aromatic heterocycles. The molecule has 1 saturated heterocycles. The van der Waals surface area contributed by atoms with Crippen LogP contribution in [0.2, 0.25) is 0 Å². The van der Waals surface area contributed by atoms with Crippen LogP contribution in [0.1, 0.15) is 36.8 Å². The fraction of sp³-hybridized carbons (Fsp3) is 0.370. The number of aliphatic hydroxyl groups excluding tert-OH is 1. The molecule has 0 radical (unpaired) electrons. The predicted molar refractivity (Wildman–Crippen MR) is 133 cm³/mol. The fourth-order valence-corrected chi connectivity index (χ4v) is 4.53. The summed E-state index contributed by atoms with van der Waals surface area (Å²) in [5.41, 5.74) is 5.98. The van der Waals surface area contributed by atoms with Crippen LogP contribution in [0, 0.1) is 23.4 Å². The molecule has 3 atom stereocenters. The summed E-state index contributed by atoms with van der Waals surface area (Å²) in [6.07, 6.45) is 2.07. The summed E-state index contributed by atoms with van der Waals surface area (Å²) < 4.78 is 49.6. The van der Waals surface area contributed by atoms with Gasteiger partial charge in [-0.05, 0) is 32.0 Å². The number of ether oxygens (including phenoxy) is 1. The van der Waals surface area contributed by atoms with Gasteiger partial charge in [-0.25, -0.2) is 18.2 Å². The average molecular weight is 515 g/mol. The number of aromatic nitrogens is 2. The van der Waals surface area contributed by atoms with E-state index in [0.717, 1.165) is 23.9 Å². The van der Waals surface area contributed by atoms with Crippen LogP contribution in [0.25, 0.3) is 11.3 Å². The summed E-state index contributed by atoms with van der Waals surface area (Å²) in [4.78, 5) is 23.3. The number of carbonyl (C=O) groups is 1. The van der Waals surface area contributed by atoms with Crippen LogP contribution in [0.5, 0.6) is 5.75 Å². The lowest BCUT2D eigenvalue weighted by Gasteiger charge is -2.40. The topological polar surface area (TPSA) is 102 Å². The van der Waals surface area contributed by atoms with Gasteiger partial charge in [0.2, 0.25) is 0 Å². The van der Waals surface area contributed by atoms with Crippen molar-refractivity contribution in [2.75, 3.05) is 18.0 Å². The zero-order valence-electron chi connectivity index (χ0n) is 20.8. The number of hydrogen-bond donors (Lipinski definition) is 2. The van der Waals surface area contributed by atoms with Crippen molar-refractivity contribution in [1.29, 1.82) is 0 Å². The van der Waals surface area contributed by atoms with Crippen molar-refractivity contribution < 1.29 is 27.8 Å².